The molecule has 5 aromatic carbocycles. The molecule has 4 N–H and O–H groups in total. The largest absolute Gasteiger partial charge is 0.457 e. The van der Waals surface area contributed by atoms with Crippen LogP contribution in [0.5, 0.6) is 11.5 Å². The Labute approximate surface area is 272 Å². The van der Waals surface area contributed by atoms with E-state index in [1.54, 1.807) is 6.07 Å². The zero-order valence-electron chi connectivity index (χ0n) is 25.1. The summed E-state index contributed by atoms with van der Waals surface area (Å²) in [5, 5.41) is 3.52. The molecule has 3 aromatic heterocycles. The first-order chi connectivity index (χ1) is 23.6. The van der Waals surface area contributed by atoms with Crippen LogP contribution in [0.25, 0.3) is 89.7 Å². The minimum atomic E-state index is 0.535. The Kier molecular flexibility index (Phi) is 5.49. The number of nitrogens with zero attached hydrogens (tertiary/aromatic N) is 6. The number of fused-ring (bicyclic) bond motifs is 20. The fourth-order valence-corrected chi connectivity index (χ4v) is 6.40. The van der Waals surface area contributed by atoms with Crippen LogP contribution < -0.4 is 10.5 Å². The van der Waals surface area contributed by atoms with E-state index in [2.05, 4.69) is 9.97 Å². The van der Waals surface area contributed by atoms with E-state index in [0.717, 1.165) is 43.8 Å². The normalized spacial score (nSPS) is 11.8. The van der Waals surface area contributed by atoms with Crippen molar-refractivity contribution in [2.24, 2.45) is 0 Å². The van der Waals surface area contributed by atoms with Gasteiger partial charge in [0.1, 0.15) is 34.1 Å². The molecule has 2 aliphatic rings. The molecule has 0 amide bonds. The lowest BCUT2D eigenvalue weighted by Gasteiger charge is -2.06. The van der Waals surface area contributed by atoms with Gasteiger partial charge in [0, 0.05) is 55.6 Å². The average molecular weight is 622 g/mol. The first kappa shape index (κ1) is 26.3. The standard InChI is InChI=1S/C38H23N9O/c39-20-8-7-9-21(18-20)48-22-16-17-29-30(19-22)38-46-36-28-15-6-5-14-27(28)34(44-36)42-32-24-11-2-1-10-23(24)31(40-32)41-33-25-12-3-4-13-26(25)35(43-33)45-37(29)47-38/h1-19H,39H2,(H2,40,41,42,43,44,45,46,47). The van der Waals surface area contributed by atoms with E-state index in [-0.39, 0.29) is 0 Å². The second-order valence-corrected chi connectivity index (χ2v) is 11.6. The summed E-state index contributed by atoms with van der Waals surface area (Å²) in [6.07, 6.45) is 0. The molecule has 8 aromatic rings. The SMILES string of the molecule is Nc1cccc(Oc2ccc3c4nc5nc(nc6[nH]c(nc7nc(nc([nH]4)c3c2)-c2ccccc2-7)c2ccccc62)-c2ccccc2-5)c1. The summed E-state index contributed by atoms with van der Waals surface area (Å²) in [5.74, 6) is 3.47. The van der Waals surface area contributed by atoms with Crippen molar-refractivity contribution in [3.05, 3.63) is 115 Å². The van der Waals surface area contributed by atoms with Gasteiger partial charge in [-0.25, -0.2) is 29.9 Å². The number of nitrogens with two attached hydrogens (primary N) is 1. The predicted octanol–water partition coefficient (Wildman–Crippen LogP) is 8.24. The van der Waals surface area contributed by atoms with E-state index in [9.17, 15) is 0 Å². The first-order valence-electron chi connectivity index (χ1n) is 15.4. The molecule has 0 fully saturated rings. The smallest absolute Gasteiger partial charge is 0.164 e. The van der Waals surface area contributed by atoms with Crippen LogP contribution in [0, 0.1) is 0 Å². The number of aromatic nitrogens is 8. The van der Waals surface area contributed by atoms with Crippen molar-refractivity contribution >= 4 is 49.8 Å². The van der Waals surface area contributed by atoms with Crippen LogP contribution >= 0.6 is 0 Å². The molecule has 0 saturated heterocycles. The second-order valence-electron chi connectivity index (χ2n) is 11.6. The van der Waals surface area contributed by atoms with E-state index in [1.165, 1.54) is 0 Å². The van der Waals surface area contributed by atoms with Gasteiger partial charge in [-0.2, -0.15) is 0 Å². The first-order valence-corrected chi connectivity index (χ1v) is 15.4. The van der Waals surface area contributed by atoms with Crippen LogP contribution in [0.1, 0.15) is 0 Å². The van der Waals surface area contributed by atoms with E-state index < -0.39 is 0 Å². The average Bonchev–Trinajstić information content (AvgIpc) is 3.84. The molecule has 0 spiro atoms. The molecule has 48 heavy (non-hydrogen) atoms. The fourth-order valence-electron chi connectivity index (χ4n) is 6.40. The topological polar surface area (TPSA) is 144 Å². The van der Waals surface area contributed by atoms with E-state index in [1.807, 2.05) is 109 Å². The van der Waals surface area contributed by atoms with Crippen LogP contribution in [0.2, 0.25) is 0 Å². The summed E-state index contributed by atoms with van der Waals surface area (Å²) in [7, 11) is 0. The maximum atomic E-state index is 6.21. The Morgan fingerprint density at radius 3 is 1.33 bits per heavy atom. The third-order valence-electron chi connectivity index (χ3n) is 8.62. The molecule has 10 nitrogen and oxygen atoms in total. The van der Waals surface area contributed by atoms with Crippen LogP contribution in [0.4, 0.5) is 5.69 Å². The summed E-state index contributed by atoms with van der Waals surface area (Å²) >= 11 is 0. The van der Waals surface area contributed by atoms with E-state index in [4.69, 9.17) is 40.4 Å². The summed E-state index contributed by atoms with van der Waals surface area (Å²) in [4.78, 5) is 37.1. The third kappa shape index (κ3) is 4.13. The fraction of sp³-hybridized carbons (Fsp3) is 0. The minimum Gasteiger partial charge on any atom is -0.457 e. The van der Waals surface area contributed by atoms with Gasteiger partial charge in [0.05, 0.1) is 0 Å². The molecule has 10 heteroatoms. The van der Waals surface area contributed by atoms with Crippen molar-refractivity contribution in [1.82, 2.24) is 39.9 Å². The molecular weight excluding hydrogens is 598 g/mol. The molecule has 5 heterocycles. The lowest BCUT2D eigenvalue weighted by atomic mass is 10.1. The zero-order valence-corrected chi connectivity index (χ0v) is 25.1. The van der Waals surface area contributed by atoms with Gasteiger partial charge in [-0.05, 0) is 30.3 Å². The predicted molar refractivity (Wildman–Crippen MR) is 187 cm³/mol. The molecular formula is C38H23N9O. The molecule has 0 aliphatic carbocycles. The minimum absolute atomic E-state index is 0.535. The quantitative estimate of drug-likeness (QED) is 0.164. The van der Waals surface area contributed by atoms with Gasteiger partial charge in [0.25, 0.3) is 0 Å². The number of aromatic amines is 2. The molecule has 0 saturated carbocycles. The van der Waals surface area contributed by atoms with Gasteiger partial charge in [-0.1, -0.05) is 78.9 Å². The number of nitrogens with one attached hydrogen (secondary N) is 2. The lowest BCUT2D eigenvalue weighted by Crippen LogP contribution is -1.87. The van der Waals surface area contributed by atoms with Crippen molar-refractivity contribution in [3.63, 3.8) is 0 Å². The molecule has 0 radical (unpaired) electrons. The van der Waals surface area contributed by atoms with E-state index in [0.29, 0.717) is 63.1 Å². The van der Waals surface area contributed by atoms with Crippen molar-refractivity contribution in [1.29, 1.82) is 0 Å². The van der Waals surface area contributed by atoms with Crippen LogP contribution in [-0.4, -0.2) is 39.9 Å². The molecule has 226 valence electrons. The highest BCUT2D eigenvalue weighted by Crippen LogP contribution is 2.37. The summed E-state index contributed by atoms with van der Waals surface area (Å²) in [6.45, 7) is 0. The van der Waals surface area contributed by atoms with Crippen LogP contribution in [0.15, 0.2) is 115 Å². The molecule has 10 rings (SSSR count). The summed E-state index contributed by atoms with van der Waals surface area (Å²) < 4.78 is 6.21. The highest BCUT2D eigenvalue weighted by Gasteiger charge is 2.22. The van der Waals surface area contributed by atoms with Crippen LogP contribution in [0.3, 0.4) is 0 Å². The number of hydrogen-bond acceptors (Lipinski definition) is 8. The summed E-state index contributed by atoms with van der Waals surface area (Å²) in [6, 6.07) is 37.2. The Morgan fingerprint density at radius 1 is 0.396 bits per heavy atom. The zero-order chi connectivity index (χ0) is 31.8. The molecule has 2 aliphatic heterocycles. The molecule has 8 bridgehead atoms. The van der Waals surface area contributed by atoms with Gasteiger partial charge in [-0.15, -0.1) is 0 Å². The van der Waals surface area contributed by atoms with Crippen molar-refractivity contribution in [2.45, 2.75) is 0 Å². The summed E-state index contributed by atoms with van der Waals surface area (Å²) in [5.41, 5.74) is 12.7. The maximum absolute atomic E-state index is 6.21. The van der Waals surface area contributed by atoms with Gasteiger partial charge < -0.3 is 20.4 Å². The Bertz CT molecular complexity index is 2800. The number of rotatable bonds is 2. The highest BCUT2D eigenvalue weighted by atomic mass is 16.5. The number of hydrogen-bond donors (Lipinski definition) is 3. The number of benzene rings is 5. The van der Waals surface area contributed by atoms with Gasteiger partial charge in [-0.3, -0.25) is 0 Å². The molecule has 0 unspecified atom stereocenters. The maximum Gasteiger partial charge on any atom is 0.164 e. The Balaban J connectivity index is 1.33. The van der Waals surface area contributed by atoms with Gasteiger partial charge in [0.2, 0.25) is 0 Å². The van der Waals surface area contributed by atoms with Gasteiger partial charge >= 0.3 is 0 Å². The Morgan fingerprint density at radius 2 is 0.833 bits per heavy atom. The number of ether oxygens (including phenoxy) is 1. The van der Waals surface area contributed by atoms with Crippen LogP contribution in [-0.2, 0) is 0 Å². The third-order valence-corrected chi connectivity index (χ3v) is 8.62. The second kappa shape index (κ2) is 10.0. The highest BCUT2D eigenvalue weighted by molar-refractivity contribution is 6.06. The van der Waals surface area contributed by atoms with E-state index >= 15 is 0 Å². The number of nitrogen functional groups attached to an aromatic ring is 1. The lowest BCUT2D eigenvalue weighted by molar-refractivity contribution is 0.484. The number of H-pyrrole nitrogens is 2. The van der Waals surface area contributed by atoms with Crippen molar-refractivity contribution < 1.29 is 4.74 Å². The van der Waals surface area contributed by atoms with Gasteiger partial charge in [0.15, 0.2) is 23.3 Å². The number of anilines is 1. The molecule has 0 atom stereocenters. The van der Waals surface area contributed by atoms with Crippen molar-refractivity contribution in [2.75, 3.05) is 5.73 Å². The van der Waals surface area contributed by atoms with Crippen molar-refractivity contribution in [3.8, 4) is 57.1 Å². The monoisotopic (exact) mass is 621 g/mol. The Hall–Kier alpha value is -6.94.